The van der Waals surface area contributed by atoms with E-state index in [1.54, 1.807) is 5.56 Å². The Morgan fingerprint density at radius 2 is 2.10 bits per heavy atom. The first-order chi connectivity index (χ1) is 9.61. The first kappa shape index (κ1) is 15.4. The van der Waals surface area contributed by atoms with E-state index in [0.29, 0.717) is 12.1 Å². The van der Waals surface area contributed by atoms with Crippen molar-refractivity contribution in [2.24, 2.45) is 0 Å². The zero-order valence-corrected chi connectivity index (χ0v) is 13.6. The second-order valence-electron chi connectivity index (χ2n) is 6.43. The van der Waals surface area contributed by atoms with Gasteiger partial charge in [0.1, 0.15) is 0 Å². The molecule has 0 saturated carbocycles. The molecule has 0 amide bonds. The summed E-state index contributed by atoms with van der Waals surface area (Å²) in [6, 6.07) is 8.17. The maximum atomic E-state index is 3.63. The fraction of sp³-hybridized carbons (Fsp3) is 0.667. The molecule has 0 fully saturated rings. The zero-order chi connectivity index (χ0) is 14.5. The lowest BCUT2D eigenvalue weighted by Crippen LogP contribution is -2.46. The van der Waals surface area contributed by atoms with Gasteiger partial charge in [0.05, 0.1) is 0 Å². The molecule has 1 N–H and O–H groups in total. The SMILES string of the molecule is CCCC(CNC(C)C)N1CCCc2cc(C)ccc21. The third-order valence-corrected chi connectivity index (χ3v) is 4.21. The van der Waals surface area contributed by atoms with Crippen LogP contribution in [0.5, 0.6) is 0 Å². The zero-order valence-electron chi connectivity index (χ0n) is 13.6. The lowest BCUT2D eigenvalue weighted by Gasteiger charge is -2.38. The lowest BCUT2D eigenvalue weighted by atomic mass is 9.97. The highest BCUT2D eigenvalue weighted by Gasteiger charge is 2.23. The average molecular weight is 274 g/mol. The molecule has 0 spiro atoms. The molecule has 0 aromatic heterocycles. The fourth-order valence-electron chi connectivity index (χ4n) is 3.21. The Balaban J connectivity index is 2.17. The molecule has 2 heteroatoms. The standard InChI is InChI=1S/C18H30N2/c1-5-7-17(13-19-14(2)3)20-11-6-8-16-12-15(4)9-10-18(16)20/h9-10,12,14,17,19H,5-8,11,13H2,1-4H3. The van der Waals surface area contributed by atoms with Crippen LogP contribution in [-0.4, -0.2) is 25.2 Å². The van der Waals surface area contributed by atoms with Crippen LogP contribution < -0.4 is 10.2 Å². The molecule has 2 rings (SSSR count). The summed E-state index contributed by atoms with van der Waals surface area (Å²) >= 11 is 0. The summed E-state index contributed by atoms with van der Waals surface area (Å²) in [5, 5.41) is 3.63. The van der Waals surface area contributed by atoms with E-state index in [2.05, 4.69) is 56.1 Å². The van der Waals surface area contributed by atoms with Crippen molar-refractivity contribution in [1.82, 2.24) is 5.32 Å². The summed E-state index contributed by atoms with van der Waals surface area (Å²) in [6.07, 6.45) is 5.05. The highest BCUT2D eigenvalue weighted by atomic mass is 15.2. The molecule has 1 atom stereocenters. The topological polar surface area (TPSA) is 15.3 Å². The van der Waals surface area contributed by atoms with Crippen LogP contribution in [0.15, 0.2) is 18.2 Å². The number of benzene rings is 1. The van der Waals surface area contributed by atoms with Crippen molar-refractivity contribution in [3.63, 3.8) is 0 Å². The van der Waals surface area contributed by atoms with Gasteiger partial charge in [0.15, 0.2) is 0 Å². The third-order valence-electron chi connectivity index (χ3n) is 4.21. The summed E-state index contributed by atoms with van der Waals surface area (Å²) in [5.41, 5.74) is 4.41. The monoisotopic (exact) mass is 274 g/mol. The molecule has 1 heterocycles. The largest absolute Gasteiger partial charge is 0.367 e. The number of hydrogen-bond donors (Lipinski definition) is 1. The molecular weight excluding hydrogens is 244 g/mol. The molecule has 2 nitrogen and oxygen atoms in total. The molecule has 1 aromatic rings. The van der Waals surface area contributed by atoms with Crippen molar-refractivity contribution in [2.75, 3.05) is 18.0 Å². The minimum Gasteiger partial charge on any atom is -0.367 e. The van der Waals surface area contributed by atoms with Crippen LogP contribution in [0.3, 0.4) is 0 Å². The Labute approximate surface area is 124 Å². The maximum Gasteiger partial charge on any atom is 0.0414 e. The minimum atomic E-state index is 0.566. The highest BCUT2D eigenvalue weighted by Crippen LogP contribution is 2.30. The molecule has 1 aliphatic rings. The van der Waals surface area contributed by atoms with Gasteiger partial charge in [-0.15, -0.1) is 0 Å². The van der Waals surface area contributed by atoms with Gasteiger partial charge in [-0.1, -0.05) is 44.9 Å². The molecule has 1 aromatic carbocycles. The van der Waals surface area contributed by atoms with Gasteiger partial charge in [-0.25, -0.2) is 0 Å². The van der Waals surface area contributed by atoms with Gasteiger partial charge in [0.2, 0.25) is 0 Å². The third kappa shape index (κ3) is 3.76. The van der Waals surface area contributed by atoms with Gasteiger partial charge >= 0.3 is 0 Å². The summed E-state index contributed by atoms with van der Waals surface area (Å²) < 4.78 is 0. The van der Waals surface area contributed by atoms with Crippen LogP contribution in [0.2, 0.25) is 0 Å². The first-order valence-corrected chi connectivity index (χ1v) is 8.21. The summed E-state index contributed by atoms with van der Waals surface area (Å²) in [5.74, 6) is 0. The number of anilines is 1. The molecular formula is C18H30N2. The normalized spacial score (nSPS) is 16.4. The first-order valence-electron chi connectivity index (χ1n) is 8.21. The van der Waals surface area contributed by atoms with Crippen molar-refractivity contribution in [3.8, 4) is 0 Å². The van der Waals surface area contributed by atoms with Crippen molar-refractivity contribution >= 4 is 5.69 Å². The predicted molar refractivity (Wildman–Crippen MR) is 88.7 cm³/mol. The Morgan fingerprint density at radius 3 is 2.80 bits per heavy atom. The quantitative estimate of drug-likeness (QED) is 0.846. The van der Waals surface area contributed by atoms with Crippen molar-refractivity contribution < 1.29 is 0 Å². The smallest absolute Gasteiger partial charge is 0.0414 e. The Bertz CT molecular complexity index is 425. The minimum absolute atomic E-state index is 0.566. The van der Waals surface area contributed by atoms with E-state index < -0.39 is 0 Å². The van der Waals surface area contributed by atoms with Crippen LogP contribution in [0.25, 0.3) is 0 Å². The van der Waals surface area contributed by atoms with Gasteiger partial charge in [-0.05, 0) is 37.8 Å². The van der Waals surface area contributed by atoms with E-state index in [4.69, 9.17) is 0 Å². The number of fused-ring (bicyclic) bond motifs is 1. The molecule has 1 unspecified atom stereocenters. The number of hydrogen-bond acceptors (Lipinski definition) is 2. The van der Waals surface area contributed by atoms with E-state index >= 15 is 0 Å². The van der Waals surface area contributed by atoms with E-state index in [0.717, 1.165) is 6.54 Å². The number of rotatable bonds is 6. The van der Waals surface area contributed by atoms with Crippen LogP contribution in [0.4, 0.5) is 5.69 Å². The fourth-order valence-corrected chi connectivity index (χ4v) is 3.21. The average Bonchev–Trinajstić information content (AvgIpc) is 2.42. The molecule has 0 radical (unpaired) electrons. The van der Waals surface area contributed by atoms with Crippen molar-refractivity contribution in [3.05, 3.63) is 29.3 Å². The van der Waals surface area contributed by atoms with Gasteiger partial charge in [-0.2, -0.15) is 0 Å². The second kappa shape index (κ2) is 7.12. The molecule has 0 saturated heterocycles. The van der Waals surface area contributed by atoms with Gasteiger partial charge in [-0.3, -0.25) is 0 Å². The molecule has 0 bridgehead atoms. The summed E-state index contributed by atoms with van der Waals surface area (Å²) in [6.45, 7) is 11.3. The van der Waals surface area contributed by atoms with Crippen LogP contribution in [0, 0.1) is 6.92 Å². The van der Waals surface area contributed by atoms with E-state index in [1.807, 2.05) is 0 Å². The van der Waals surface area contributed by atoms with E-state index in [-0.39, 0.29) is 0 Å². The second-order valence-corrected chi connectivity index (χ2v) is 6.43. The molecule has 112 valence electrons. The van der Waals surface area contributed by atoms with E-state index in [1.165, 1.54) is 43.5 Å². The number of nitrogens with one attached hydrogen (secondary N) is 1. The van der Waals surface area contributed by atoms with Gasteiger partial charge < -0.3 is 10.2 Å². The van der Waals surface area contributed by atoms with Crippen LogP contribution in [0.1, 0.15) is 51.2 Å². The van der Waals surface area contributed by atoms with Crippen LogP contribution >= 0.6 is 0 Å². The molecule has 0 aliphatic carbocycles. The Kier molecular flexibility index (Phi) is 5.47. The Hall–Kier alpha value is -1.02. The van der Waals surface area contributed by atoms with Crippen molar-refractivity contribution in [2.45, 2.75) is 65.5 Å². The van der Waals surface area contributed by atoms with Crippen molar-refractivity contribution in [1.29, 1.82) is 0 Å². The van der Waals surface area contributed by atoms with Gasteiger partial charge in [0.25, 0.3) is 0 Å². The molecule has 1 aliphatic heterocycles. The summed E-state index contributed by atoms with van der Waals surface area (Å²) in [4.78, 5) is 2.65. The highest BCUT2D eigenvalue weighted by molar-refractivity contribution is 5.57. The van der Waals surface area contributed by atoms with Gasteiger partial charge in [0, 0.05) is 30.9 Å². The lowest BCUT2D eigenvalue weighted by molar-refractivity contribution is 0.462. The maximum absolute atomic E-state index is 3.63. The summed E-state index contributed by atoms with van der Waals surface area (Å²) in [7, 11) is 0. The number of nitrogens with zero attached hydrogens (tertiary/aromatic N) is 1. The molecule has 20 heavy (non-hydrogen) atoms. The predicted octanol–water partition coefficient (Wildman–Crippen LogP) is 3.91. The van der Waals surface area contributed by atoms with Crippen LogP contribution in [-0.2, 0) is 6.42 Å². The van der Waals surface area contributed by atoms with E-state index in [9.17, 15) is 0 Å². The number of aryl methyl sites for hydroxylation is 2. The Morgan fingerprint density at radius 1 is 1.30 bits per heavy atom.